The van der Waals surface area contributed by atoms with Crippen molar-refractivity contribution in [3.05, 3.63) is 29.5 Å². The Morgan fingerprint density at radius 1 is 1.39 bits per heavy atom. The summed E-state index contributed by atoms with van der Waals surface area (Å²) in [5.41, 5.74) is -0.124. The third-order valence-electron chi connectivity index (χ3n) is 4.20. The Kier molecular flexibility index (Phi) is 4.00. The van der Waals surface area contributed by atoms with Crippen LogP contribution in [0.3, 0.4) is 0 Å². The molecule has 1 aliphatic rings. The van der Waals surface area contributed by atoms with Crippen LogP contribution in [0.4, 0.5) is 8.78 Å². The van der Waals surface area contributed by atoms with Crippen LogP contribution in [0, 0.1) is 12.3 Å². The lowest BCUT2D eigenvalue weighted by atomic mass is 10.1. The zero-order chi connectivity index (χ0) is 16.6. The summed E-state index contributed by atoms with van der Waals surface area (Å²) >= 11 is 0. The number of carbonyl (C=O) groups excluding carboxylic acids is 1. The Morgan fingerprint density at radius 3 is 2.74 bits per heavy atom. The molecule has 1 fully saturated rings. The molecule has 0 atom stereocenters. The first-order chi connectivity index (χ1) is 11.0. The van der Waals surface area contributed by atoms with Crippen LogP contribution in [-0.2, 0) is 4.74 Å². The van der Waals surface area contributed by atoms with E-state index in [0.29, 0.717) is 40.9 Å². The molecule has 1 heterocycles. The highest BCUT2D eigenvalue weighted by atomic mass is 19.3. The molecule has 0 N–H and O–H groups in total. The van der Waals surface area contributed by atoms with Crippen LogP contribution in [0.1, 0.15) is 35.9 Å². The van der Waals surface area contributed by atoms with E-state index in [1.165, 1.54) is 0 Å². The van der Waals surface area contributed by atoms with Crippen molar-refractivity contribution in [1.82, 2.24) is 0 Å². The molecule has 0 saturated heterocycles. The molecular weight excluding hydrogens is 306 g/mol. The summed E-state index contributed by atoms with van der Waals surface area (Å²) < 4.78 is 42.0. The number of rotatable bonds is 6. The third kappa shape index (κ3) is 2.90. The number of esters is 1. The molecule has 0 bridgehead atoms. The molecule has 3 rings (SSSR count). The highest BCUT2D eigenvalue weighted by Crippen LogP contribution is 2.50. The van der Waals surface area contributed by atoms with Gasteiger partial charge >= 0.3 is 5.97 Å². The van der Waals surface area contributed by atoms with Gasteiger partial charge in [-0.3, -0.25) is 0 Å². The van der Waals surface area contributed by atoms with Gasteiger partial charge in [-0.1, -0.05) is 0 Å². The fourth-order valence-corrected chi connectivity index (χ4v) is 2.56. The minimum atomic E-state index is -2.38. The fourth-order valence-electron chi connectivity index (χ4n) is 2.56. The lowest BCUT2D eigenvalue weighted by molar-refractivity contribution is 0.0316. The van der Waals surface area contributed by atoms with Gasteiger partial charge in [-0.05, 0) is 44.9 Å². The molecule has 1 saturated carbocycles. The summed E-state index contributed by atoms with van der Waals surface area (Å²) in [5.74, 6) is 0.435. The summed E-state index contributed by atoms with van der Waals surface area (Å²) in [5, 5.41) is 0.570. The van der Waals surface area contributed by atoms with Crippen molar-refractivity contribution in [3.8, 4) is 5.75 Å². The largest absolute Gasteiger partial charge is 0.493 e. The minimum Gasteiger partial charge on any atom is -0.493 e. The van der Waals surface area contributed by atoms with Gasteiger partial charge in [0.05, 0.1) is 18.6 Å². The number of aryl methyl sites for hydroxylation is 1. The van der Waals surface area contributed by atoms with Crippen molar-refractivity contribution in [1.29, 1.82) is 0 Å². The van der Waals surface area contributed by atoms with E-state index < -0.39 is 17.8 Å². The van der Waals surface area contributed by atoms with Crippen LogP contribution >= 0.6 is 0 Å². The first-order valence-electron chi connectivity index (χ1n) is 7.58. The molecule has 0 amide bonds. The molecule has 0 spiro atoms. The predicted molar refractivity (Wildman–Crippen MR) is 80.1 cm³/mol. The van der Waals surface area contributed by atoms with E-state index in [9.17, 15) is 13.6 Å². The van der Waals surface area contributed by atoms with Gasteiger partial charge in [-0.15, -0.1) is 0 Å². The van der Waals surface area contributed by atoms with Crippen LogP contribution < -0.4 is 4.74 Å². The summed E-state index contributed by atoms with van der Waals surface area (Å²) in [6.45, 7) is 3.64. The SMILES string of the molecule is CCOC(=O)c1c(C)oc2ccc(OCC3(C(F)F)CC3)cc12. The molecule has 1 aromatic carbocycles. The van der Waals surface area contributed by atoms with Gasteiger partial charge in [0.2, 0.25) is 6.43 Å². The number of halogens is 2. The number of fused-ring (bicyclic) bond motifs is 1. The summed E-state index contributed by atoms with van der Waals surface area (Å²) in [6, 6.07) is 4.96. The van der Waals surface area contributed by atoms with E-state index in [0.717, 1.165) is 0 Å². The zero-order valence-corrected chi connectivity index (χ0v) is 13.0. The molecule has 6 heteroatoms. The van der Waals surface area contributed by atoms with E-state index in [1.54, 1.807) is 32.0 Å². The quantitative estimate of drug-likeness (QED) is 0.742. The standard InChI is InChI=1S/C17H18F2O4/c1-3-21-15(20)14-10(2)23-13-5-4-11(8-12(13)14)22-9-17(6-7-17)16(18)19/h4-5,8,16H,3,6-7,9H2,1-2H3. The molecule has 0 aliphatic heterocycles. The van der Waals surface area contributed by atoms with Crippen molar-refractivity contribution < 1.29 is 27.5 Å². The molecule has 23 heavy (non-hydrogen) atoms. The van der Waals surface area contributed by atoms with E-state index >= 15 is 0 Å². The molecule has 4 nitrogen and oxygen atoms in total. The zero-order valence-electron chi connectivity index (χ0n) is 13.0. The molecular formula is C17H18F2O4. The van der Waals surface area contributed by atoms with Crippen molar-refractivity contribution in [2.75, 3.05) is 13.2 Å². The second-order valence-electron chi connectivity index (χ2n) is 5.86. The average Bonchev–Trinajstić information content (AvgIpc) is 3.22. The van der Waals surface area contributed by atoms with E-state index in [-0.39, 0.29) is 13.2 Å². The van der Waals surface area contributed by atoms with Gasteiger partial charge < -0.3 is 13.9 Å². The van der Waals surface area contributed by atoms with Crippen molar-refractivity contribution in [2.24, 2.45) is 5.41 Å². The maximum atomic E-state index is 12.9. The minimum absolute atomic E-state index is 0.0260. The monoisotopic (exact) mass is 324 g/mol. The topological polar surface area (TPSA) is 48.7 Å². The van der Waals surface area contributed by atoms with Crippen LogP contribution in [0.2, 0.25) is 0 Å². The highest BCUT2D eigenvalue weighted by Gasteiger charge is 2.51. The average molecular weight is 324 g/mol. The van der Waals surface area contributed by atoms with Crippen LogP contribution in [-0.4, -0.2) is 25.6 Å². The lowest BCUT2D eigenvalue weighted by Gasteiger charge is -2.15. The Morgan fingerprint density at radius 2 is 2.13 bits per heavy atom. The first-order valence-corrected chi connectivity index (χ1v) is 7.58. The molecule has 1 aromatic heterocycles. The van der Waals surface area contributed by atoms with Crippen molar-refractivity contribution in [2.45, 2.75) is 33.1 Å². The molecule has 0 radical (unpaired) electrons. The van der Waals surface area contributed by atoms with Crippen LogP contribution in [0.15, 0.2) is 22.6 Å². The summed E-state index contributed by atoms with van der Waals surface area (Å²) in [4.78, 5) is 12.0. The van der Waals surface area contributed by atoms with Crippen molar-refractivity contribution >= 4 is 16.9 Å². The van der Waals surface area contributed by atoms with Gasteiger partial charge in [0.1, 0.15) is 22.7 Å². The van der Waals surface area contributed by atoms with E-state index in [1.807, 2.05) is 0 Å². The summed E-state index contributed by atoms with van der Waals surface area (Å²) in [6.07, 6.45) is -1.42. The Hall–Kier alpha value is -2.11. The van der Waals surface area contributed by atoms with Gasteiger partial charge in [-0.2, -0.15) is 0 Å². The molecule has 0 unspecified atom stereocenters. The summed E-state index contributed by atoms with van der Waals surface area (Å²) in [7, 11) is 0. The molecule has 2 aromatic rings. The van der Waals surface area contributed by atoms with E-state index in [2.05, 4.69) is 0 Å². The highest BCUT2D eigenvalue weighted by molar-refractivity contribution is 6.04. The fraction of sp³-hybridized carbons (Fsp3) is 0.471. The van der Waals surface area contributed by atoms with Gasteiger partial charge in [0, 0.05) is 5.39 Å². The maximum Gasteiger partial charge on any atom is 0.342 e. The van der Waals surface area contributed by atoms with Crippen LogP contribution in [0.25, 0.3) is 11.0 Å². The van der Waals surface area contributed by atoms with Gasteiger partial charge in [0.25, 0.3) is 0 Å². The molecule has 1 aliphatic carbocycles. The Bertz CT molecular complexity index is 732. The van der Waals surface area contributed by atoms with Gasteiger partial charge in [-0.25, -0.2) is 13.6 Å². The number of alkyl halides is 2. The second-order valence-corrected chi connectivity index (χ2v) is 5.86. The number of hydrogen-bond acceptors (Lipinski definition) is 4. The van der Waals surface area contributed by atoms with Crippen molar-refractivity contribution in [3.63, 3.8) is 0 Å². The van der Waals surface area contributed by atoms with Gasteiger partial charge in [0.15, 0.2) is 0 Å². The van der Waals surface area contributed by atoms with E-state index in [4.69, 9.17) is 13.9 Å². The number of benzene rings is 1. The first kappa shape index (κ1) is 15.8. The number of hydrogen-bond donors (Lipinski definition) is 0. The lowest BCUT2D eigenvalue weighted by Crippen LogP contribution is -2.21. The predicted octanol–water partition coefficient (Wildman–Crippen LogP) is 4.34. The Balaban J connectivity index is 1.86. The molecule has 124 valence electrons. The van der Waals surface area contributed by atoms with Crippen LogP contribution in [0.5, 0.6) is 5.75 Å². The smallest absolute Gasteiger partial charge is 0.342 e. The maximum absolute atomic E-state index is 12.9. The number of furan rings is 1. The third-order valence-corrected chi connectivity index (χ3v) is 4.20. The number of ether oxygens (including phenoxy) is 2. The Labute approximate surface area is 132 Å². The number of carbonyl (C=O) groups is 1. The second kappa shape index (κ2) is 5.83. The normalized spacial score (nSPS) is 15.9.